The molecule has 0 saturated heterocycles. The molecular weight excluding hydrogens is 288 g/mol. The molecule has 0 atom stereocenters. The molecule has 8 heteroatoms. The van der Waals surface area contributed by atoms with Crippen molar-refractivity contribution in [1.82, 2.24) is 29.0 Å². The molecule has 21 heavy (non-hydrogen) atoms. The van der Waals surface area contributed by atoms with E-state index in [0.29, 0.717) is 12.1 Å². The standard InChI is InChI=1S/C13H14N6OS/c1-17-2-3-19-12(17)10(7-15-19)11(20)14-6-9-8-18-4-5-21-13(18)16-9/h2-3,7-8H,4-6H2,1H3,(H,14,20). The van der Waals surface area contributed by atoms with Gasteiger partial charge in [0.05, 0.1) is 18.4 Å². The lowest BCUT2D eigenvalue weighted by molar-refractivity contribution is 0.0951. The Morgan fingerprint density at radius 3 is 3.24 bits per heavy atom. The monoisotopic (exact) mass is 302 g/mol. The zero-order valence-corrected chi connectivity index (χ0v) is 12.3. The van der Waals surface area contributed by atoms with Crippen LogP contribution < -0.4 is 5.32 Å². The Morgan fingerprint density at radius 1 is 1.48 bits per heavy atom. The summed E-state index contributed by atoms with van der Waals surface area (Å²) in [5, 5.41) is 8.11. The van der Waals surface area contributed by atoms with Gasteiger partial charge in [0.1, 0.15) is 11.2 Å². The molecule has 0 saturated carbocycles. The highest BCUT2D eigenvalue weighted by Gasteiger charge is 2.17. The summed E-state index contributed by atoms with van der Waals surface area (Å²) in [6, 6.07) is 0. The van der Waals surface area contributed by atoms with Crippen LogP contribution in [0.3, 0.4) is 0 Å². The van der Waals surface area contributed by atoms with Crippen LogP contribution in [-0.2, 0) is 20.1 Å². The minimum atomic E-state index is -0.132. The van der Waals surface area contributed by atoms with E-state index in [1.165, 1.54) is 0 Å². The molecule has 0 bridgehead atoms. The summed E-state index contributed by atoms with van der Waals surface area (Å²) in [4.78, 5) is 16.8. The fraction of sp³-hybridized carbons (Fsp3) is 0.308. The molecule has 3 aromatic rings. The van der Waals surface area contributed by atoms with Crippen molar-refractivity contribution < 1.29 is 4.79 Å². The van der Waals surface area contributed by atoms with Crippen LogP contribution in [0.1, 0.15) is 16.1 Å². The highest BCUT2D eigenvalue weighted by molar-refractivity contribution is 7.99. The number of hydrogen-bond donors (Lipinski definition) is 1. The molecule has 0 unspecified atom stereocenters. The van der Waals surface area contributed by atoms with Crippen molar-refractivity contribution in [2.45, 2.75) is 18.2 Å². The van der Waals surface area contributed by atoms with E-state index in [1.807, 2.05) is 30.2 Å². The summed E-state index contributed by atoms with van der Waals surface area (Å²) in [6.45, 7) is 1.43. The van der Waals surface area contributed by atoms with E-state index >= 15 is 0 Å². The topological polar surface area (TPSA) is 69.2 Å². The number of hydrogen-bond acceptors (Lipinski definition) is 4. The van der Waals surface area contributed by atoms with E-state index in [0.717, 1.165) is 28.8 Å². The Labute approximate surface area is 125 Å². The van der Waals surface area contributed by atoms with E-state index in [-0.39, 0.29) is 5.91 Å². The number of carbonyl (C=O) groups excluding carboxylic acids is 1. The minimum Gasteiger partial charge on any atom is -0.346 e. The average molecular weight is 302 g/mol. The summed E-state index contributed by atoms with van der Waals surface area (Å²) in [5.41, 5.74) is 2.25. The van der Waals surface area contributed by atoms with Crippen molar-refractivity contribution in [2.75, 3.05) is 5.75 Å². The van der Waals surface area contributed by atoms with E-state index in [9.17, 15) is 4.79 Å². The Balaban J connectivity index is 1.51. The number of aryl methyl sites for hydroxylation is 2. The van der Waals surface area contributed by atoms with Crippen molar-refractivity contribution >= 4 is 23.3 Å². The van der Waals surface area contributed by atoms with Crippen LogP contribution in [0, 0.1) is 0 Å². The highest BCUT2D eigenvalue weighted by Crippen LogP contribution is 2.24. The molecule has 0 fully saturated rings. The summed E-state index contributed by atoms with van der Waals surface area (Å²) in [5.74, 6) is 0.948. The number of amides is 1. The molecule has 3 aromatic heterocycles. The van der Waals surface area contributed by atoms with Crippen molar-refractivity contribution in [1.29, 1.82) is 0 Å². The minimum absolute atomic E-state index is 0.132. The maximum atomic E-state index is 12.3. The van der Waals surface area contributed by atoms with Gasteiger partial charge in [0.15, 0.2) is 5.16 Å². The first-order chi connectivity index (χ1) is 10.2. The molecule has 0 aliphatic carbocycles. The van der Waals surface area contributed by atoms with Gasteiger partial charge in [0, 0.05) is 37.9 Å². The van der Waals surface area contributed by atoms with Gasteiger partial charge in [-0.3, -0.25) is 4.79 Å². The Hall–Kier alpha value is -2.22. The summed E-state index contributed by atoms with van der Waals surface area (Å²) in [7, 11) is 1.89. The van der Waals surface area contributed by atoms with Gasteiger partial charge in [-0.05, 0) is 0 Å². The largest absolute Gasteiger partial charge is 0.346 e. The van der Waals surface area contributed by atoms with Gasteiger partial charge in [-0.1, -0.05) is 11.8 Å². The molecule has 1 amide bonds. The lowest BCUT2D eigenvalue weighted by Gasteiger charge is -2.02. The normalized spacial score (nSPS) is 13.8. The number of nitrogens with zero attached hydrogens (tertiary/aromatic N) is 5. The number of aromatic nitrogens is 5. The maximum absolute atomic E-state index is 12.3. The molecule has 0 radical (unpaired) electrons. The second-order valence-corrected chi connectivity index (χ2v) is 6.04. The summed E-state index contributed by atoms with van der Waals surface area (Å²) < 4.78 is 5.70. The Morgan fingerprint density at radius 2 is 2.38 bits per heavy atom. The van der Waals surface area contributed by atoms with Crippen LogP contribution in [0.25, 0.3) is 5.65 Å². The summed E-state index contributed by atoms with van der Waals surface area (Å²) in [6.07, 6.45) is 7.29. The van der Waals surface area contributed by atoms with Crippen LogP contribution in [0.2, 0.25) is 0 Å². The quantitative estimate of drug-likeness (QED) is 0.780. The van der Waals surface area contributed by atoms with Gasteiger partial charge in [-0.15, -0.1) is 0 Å². The number of imidazole rings is 2. The third kappa shape index (κ3) is 2.02. The van der Waals surface area contributed by atoms with Gasteiger partial charge < -0.3 is 14.5 Å². The lowest BCUT2D eigenvalue weighted by Crippen LogP contribution is -2.23. The van der Waals surface area contributed by atoms with E-state index in [2.05, 4.69) is 20.0 Å². The van der Waals surface area contributed by atoms with Crippen LogP contribution in [0.4, 0.5) is 0 Å². The first kappa shape index (κ1) is 12.5. The first-order valence-corrected chi connectivity index (χ1v) is 7.66. The molecule has 1 aliphatic rings. The SMILES string of the molecule is Cn1ccn2ncc(C(=O)NCc3cn4c(n3)SCC4)c12. The fourth-order valence-electron chi connectivity index (χ4n) is 2.52. The number of fused-ring (bicyclic) bond motifs is 2. The van der Waals surface area contributed by atoms with Gasteiger partial charge in [0.2, 0.25) is 0 Å². The van der Waals surface area contributed by atoms with Crippen LogP contribution in [-0.4, -0.2) is 35.4 Å². The molecule has 1 N–H and O–H groups in total. The van der Waals surface area contributed by atoms with Crippen molar-refractivity contribution in [3.8, 4) is 0 Å². The predicted octanol–water partition coefficient (Wildman–Crippen LogP) is 0.905. The smallest absolute Gasteiger partial charge is 0.257 e. The van der Waals surface area contributed by atoms with Gasteiger partial charge in [-0.25, -0.2) is 9.50 Å². The molecule has 7 nitrogen and oxygen atoms in total. The van der Waals surface area contributed by atoms with Crippen molar-refractivity contribution in [3.63, 3.8) is 0 Å². The van der Waals surface area contributed by atoms with Crippen molar-refractivity contribution in [3.05, 3.63) is 36.0 Å². The predicted molar refractivity (Wildman–Crippen MR) is 78.3 cm³/mol. The second kappa shape index (κ2) is 4.66. The molecular formula is C13H14N6OS. The van der Waals surface area contributed by atoms with Gasteiger partial charge in [-0.2, -0.15) is 5.10 Å². The number of nitrogens with one attached hydrogen (secondary N) is 1. The van der Waals surface area contributed by atoms with Crippen molar-refractivity contribution in [2.24, 2.45) is 7.05 Å². The van der Waals surface area contributed by atoms with Crippen LogP contribution in [0.5, 0.6) is 0 Å². The highest BCUT2D eigenvalue weighted by atomic mass is 32.2. The third-order valence-corrected chi connectivity index (χ3v) is 4.53. The molecule has 4 rings (SSSR count). The van der Waals surface area contributed by atoms with E-state index < -0.39 is 0 Å². The lowest BCUT2D eigenvalue weighted by atomic mass is 10.3. The number of thioether (sulfide) groups is 1. The first-order valence-electron chi connectivity index (χ1n) is 6.68. The van der Waals surface area contributed by atoms with Crippen LogP contribution in [0.15, 0.2) is 29.9 Å². The zero-order chi connectivity index (χ0) is 14.4. The molecule has 4 heterocycles. The number of rotatable bonds is 3. The van der Waals surface area contributed by atoms with Gasteiger partial charge in [0.25, 0.3) is 5.91 Å². The second-order valence-electron chi connectivity index (χ2n) is 4.97. The van der Waals surface area contributed by atoms with E-state index in [4.69, 9.17) is 0 Å². The Bertz CT molecular complexity index is 808. The molecule has 108 valence electrons. The molecule has 0 spiro atoms. The average Bonchev–Trinajstić information content (AvgIpc) is 3.17. The third-order valence-electron chi connectivity index (χ3n) is 3.56. The van der Waals surface area contributed by atoms with Crippen LogP contribution >= 0.6 is 11.8 Å². The van der Waals surface area contributed by atoms with E-state index in [1.54, 1.807) is 22.5 Å². The van der Waals surface area contributed by atoms with Gasteiger partial charge >= 0.3 is 0 Å². The molecule has 0 aromatic carbocycles. The summed E-state index contributed by atoms with van der Waals surface area (Å²) >= 11 is 1.75. The molecule has 1 aliphatic heterocycles. The number of carbonyl (C=O) groups is 1. The Kier molecular flexibility index (Phi) is 2.78. The fourth-order valence-corrected chi connectivity index (χ4v) is 3.49. The maximum Gasteiger partial charge on any atom is 0.257 e. The zero-order valence-electron chi connectivity index (χ0n) is 11.5.